The number of imide groups is 1. The first-order valence-electron chi connectivity index (χ1n) is 5.20. The molecule has 6 N–H and O–H groups in total. The van der Waals surface area contributed by atoms with Crippen LogP contribution in [0.3, 0.4) is 0 Å². The summed E-state index contributed by atoms with van der Waals surface area (Å²) < 4.78 is 0. The van der Waals surface area contributed by atoms with Crippen LogP contribution in [0.2, 0.25) is 0 Å². The van der Waals surface area contributed by atoms with Crippen molar-refractivity contribution in [2.45, 2.75) is 24.9 Å². The second kappa shape index (κ2) is 8.32. The molecule has 3 amide bonds. The molecule has 0 saturated carbocycles. The number of hydrogen-bond acceptors (Lipinski definition) is 6. The Morgan fingerprint density at radius 2 is 1.79 bits per heavy atom. The molecule has 2 unspecified atom stereocenters. The summed E-state index contributed by atoms with van der Waals surface area (Å²) in [5, 5.41) is 20.7. The van der Waals surface area contributed by atoms with E-state index in [-0.39, 0.29) is 18.6 Å². The van der Waals surface area contributed by atoms with E-state index < -0.39 is 36.0 Å². The molecule has 0 bridgehead atoms. The summed E-state index contributed by atoms with van der Waals surface area (Å²) in [7, 11) is 0. The number of aliphatic carboxylic acids is 1. The van der Waals surface area contributed by atoms with E-state index in [1.807, 2.05) is 0 Å². The Morgan fingerprint density at radius 3 is 2.21 bits per heavy atom. The van der Waals surface area contributed by atoms with Crippen molar-refractivity contribution in [3.8, 4) is 0 Å². The highest BCUT2D eigenvalue weighted by Gasteiger charge is 2.21. The first-order chi connectivity index (χ1) is 8.77. The van der Waals surface area contributed by atoms with Gasteiger partial charge in [0, 0.05) is 12.2 Å². The zero-order valence-electron chi connectivity index (χ0n) is 9.83. The van der Waals surface area contributed by atoms with Gasteiger partial charge in [-0.2, -0.15) is 12.6 Å². The minimum atomic E-state index is -1.54. The normalized spacial score (nSPS) is 13.2. The van der Waals surface area contributed by atoms with E-state index in [1.54, 1.807) is 5.32 Å². The van der Waals surface area contributed by atoms with Crippen molar-refractivity contribution in [2.75, 3.05) is 5.75 Å². The summed E-state index contributed by atoms with van der Waals surface area (Å²) in [5.74, 6) is -2.87. The van der Waals surface area contributed by atoms with E-state index in [0.29, 0.717) is 0 Å². The maximum Gasteiger partial charge on any atom is 0.411 e. The fourth-order valence-corrected chi connectivity index (χ4v) is 1.32. The molecule has 10 heteroatoms. The number of nitrogens with two attached hydrogens (primary N) is 1. The Hall–Kier alpha value is -1.81. The third-order valence-corrected chi connectivity index (χ3v) is 2.43. The number of nitrogens with one attached hydrogen (secondary N) is 2. The van der Waals surface area contributed by atoms with Crippen LogP contribution in [-0.4, -0.2) is 51.9 Å². The molecule has 0 aromatic heterocycles. The molecular formula is C9H15N3O6S. The standard InChI is InChI=1S/C9H15N3O6S/c10-4(8(15)16)1-2-6(13)11-5(3-19)7(14)12-9(17)18/h4-5,19H,1-3,10H2,(H,11,13)(H,12,14)(H,15,16)(H,17,18). The Kier molecular flexibility index (Phi) is 7.53. The van der Waals surface area contributed by atoms with Crippen LogP contribution in [-0.2, 0) is 14.4 Å². The van der Waals surface area contributed by atoms with Crippen LogP contribution in [0.25, 0.3) is 0 Å². The first-order valence-corrected chi connectivity index (χ1v) is 5.83. The van der Waals surface area contributed by atoms with Gasteiger partial charge in [0.25, 0.3) is 5.91 Å². The van der Waals surface area contributed by atoms with Gasteiger partial charge in [-0.05, 0) is 6.42 Å². The minimum Gasteiger partial charge on any atom is -0.480 e. The van der Waals surface area contributed by atoms with Crippen molar-refractivity contribution in [3.05, 3.63) is 0 Å². The molecule has 0 aliphatic rings. The van der Waals surface area contributed by atoms with E-state index in [1.165, 1.54) is 0 Å². The van der Waals surface area contributed by atoms with E-state index in [2.05, 4.69) is 17.9 Å². The summed E-state index contributed by atoms with van der Waals surface area (Å²) in [4.78, 5) is 43.4. The predicted molar refractivity (Wildman–Crippen MR) is 66.8 cm³/mol. The second-order valence-electron chi connectivity index (χ2n) is 3.58. The van der Waals surface area contributed by atoms with Crippen LogP contribution in [0.1, 0.15) is 12.8 Å². The van der Waals surface area contributed by atoms with Crippen molar-refractivity contribution >= 4 is 36.5 Å². The van der Waals surface area contributed by atoms with Gasteiger partial charge in [0.05, 0.1) is 0 Å². The summed E-state index contributed by atoms with van der Waals surface area (Å²) in [5.41, 5.74) is 5.20. The van der Waals surface area contributed by atoms with Crippen LogP contribution >= 0.6 is 12.6 Å². The average molecular weight is 293 g/mol. The fraction of sp³-hybridized carbons (Fsp3) is 0.556. The smallest absolute Gasteiger partial charge is 0.411 e. The molecule has 19 heavy (non-hydrogen) atoms. The summed E-state index contributed by atoms with van der Waals surface area (Å²) in [6.07, 6.45) is -1.84. The van der Waals surface area contributed by atoms with E-state index >= 15 is 0 Å². The number of carboxylic acid groups (broad SMARTS) is 2. The predicted octanol–water partition coefficient (Wildman–Crippen LogP) is -1.61. The zero-order valence-corrected chi connectivity index (χ0v) is 10.7. The SMILES string of the molecule is NC(CCC(=O)NC(CS)C(=O)NC(=O)O)C(=O)O. The molecule has 0 spiro atoms. The molecule has 9 nitrogen and oxygen atoms in total. The maximum absolute atomic E-state index is 11.4. The summed E-state index contributed by atoms with van der Waals surface area (Å²) in [6, 6.07) is -2.29. The van der Waals surface area contributed by atoms with Gasteiger partial charge >= 0.3 is 12.1 Å². The lowest BCUT2D eigenvalue weighted by molar-refractivity contribution is -0.138. The number of rotatable bonds is 7. The van der Waals surface area contributed by atoms with Crippen LogP contribution in [0, 0.1) is 0 Å². The van der Waals surface area contributed by atoms with Crippen molar-refractivity contribution in [3.63, 3.8) is 0 Å². The molecule has 0 aromatic rings. The van der Waals surface area contributed by atoms with Crippen LogP contribution < -0.4 is 16.4 Å². The molecule has 0 heterocycles. The molecule has 0 aromatic carbocycles. The van der Waals surface area contributed by atoms with Crippen molar-refractivity contribution < 1.29 is 29.4 Å². The third kappa shape index (κ3) is 7.26. The lowest BCUT2D eigenvalue weighted by atomic mass is 10.1. The monoisotopic (exact) mass is 293 g/mol. The van der Waals surface area contributed by atoms with Gasteiger partial charge in [0.1, 0.15) is 12.1 Å². The van der Waals surface area contributed by atoms with Crippen molar-refractivity contribution in [1.29, 1.82) is 0 Å². The van der Waals surface area contributed by atoms with Gasteiger partial charge in [0.15, 0.2) is 0 Å². The molecule has 0 saturated heterocycles. The highest BCUT2D eigenvalue weighted by molar-refractivity contribution is 7.80. The quantitative estimate of drug-likeness (QED) is 0.308. The van der Waals surface area contributed by atoms with Gasteiger partial charge in [-0.1, -0.05) is 0 Å². The third-order valence-electron chi connectivity index (χ3n) is 2.06. The Morgan fingerprint density at radius 1 is 1.21 bits per heavy atom. The van der Waals surface area contributed by atoms with Crippen molar-refractivity contribution in [2.24, 2.45) is 5.73 Å². The second-order valence-corrected chi connectivity index (χ2v) is 3.95. The minimum absolute atomic E-state index is 0.0962. The van der Waals surface area contributed by atoms with Crippen LogP contribution in [0.5, 0.6) is 0 Å². The summed E-state index contributed by atoms with van der Waals surface area (Å²) >= 11 is 3.81. The number of thiol groups is 1. The number of carbonyl (C=O) groups excluding carboxylic acids is 2. The molecular weight excluding hydrogens is 278 g/mol. The van der Waals surface area contributed by atoms with Crippen LogP contribution in [0.4, 0.5) is 4.79 Å². The number of carboxylic acids is 1. The number of hydrogen-bond donors (Lipinski definition) is 6. The van der Waals surface area contributed by atoms with Crippen LogP contribution in [0.15, 0.2) is 0 Å². The first kappa shape index (κ1) is 17.2. The Labute approximate surface area is 113 Å². The molecule has 0 fully saturated rings. The largest absolute Gasteiger partial charge is 0.480 e. The Balaban J connectivity index is 4.24. The molecule has 2 atom stereocenters. The summed E-state index contributed by atoms with van der Waals surface area (Å²) in [6.45, 7) is 0. The topological polar surface area (TPSA) is 159 Å². The lowest BCUT2D eigenvalue weighted by Crippen LogP contribution is -2.49. The highest BCUT2D eigenvalue weighted by Crippen LogP contribution is 1.97. The van der Waals surface area contributed by atoms with E-state index in [0.717, 1.165) is 0 Å². The molecule has 0 aliphatic heterocycles. The number of amides is 3. The van der Waals surface area contributed by atoms with Gasteiger partial charge in [-0.3, -0.25) is 19.7 Å². The molecule has 0 aliphatic carbocycles. The van der Waals surface area contributed by atoms with Crippen molar-refractivity contribution in [1.82, 2.24) is 10.6 Å². The highest BCUT2D eigenvalue weighted by atomic mass is 32.1. The molecule has 108 valence electrons. The maximum atomic E-state index is 11.4. The van der Waals surface area contributed by atoms with Gasteiger partial charge in [-0.15, -0.1) is 0 Å². The van der Waals surface area contributed by atoms with Gasteiger partial charge in [-0.25, -0.2) is 4.79 Å². The fourth-order valence-electron chi connectivity index (χ4n) is 1.06. The van der Waals surface area contributed by atoms with Gasteiger partial charge in [0.2, 0.25) is 5.91 Å². The number of carbonyl (C=O) groups is 4. The average Bonchev–Trinajstić information content (AvgIpc) is 2.31. The molecule has 0 radical (unpaired) electrons. The zero-order chi connectivity index (χ0) is 15.0. The van der Waals surface area contributed by atoms with E-state index in [9.17, 15) is 19.2 Å². The molecule has 0 rings (SSSR count). The lowest BCUT2D eigenvalue weighted by Gasteiger charge is -2.15. The van der Waals surface area contributed by atoms with Gasteiger partial charge < -0.3 is 21.3 Å². The Bertz CT molecular complexity index is 375. The van der Waals surface area contributed by atoms with E-state index in [4.69, 9.17) is 15.9 Å².